The molecule has 4 N–H and O–H groups in total. The van der Waals surface area contributed by atoms with Gasteiger partial charge in [0.25, 0.3) is 0 Å². The first kappa shape index (κ1) is 14.0. The second kappa shape index (κ2) is 6.61. The molecule has 0 radical (unpaired) electrons. The van der Waals surface area contributed by atoms with Gasteiger partial charge in [-0.25, -0.2) is 10.3 Å². The van der Waals surface area contributed by atoms with Crippen molar-refractivity contribution in [3.05, 3.63) is 29.8 Å². The van der Waals surface area contributed by atoms with E-state index in [1.807, 2.05) is 19.1 Å². The maximum Gasteiger partial charge on any atom is 0.332 e. The molecule has 0 bridgehead atoms. The summed E-state index contributed by atoms with van der Waals surface area (Å²) in [6, 6.07) is 7.24. The number of anilines is 1. The molecule has 0 aliphatic heterocycles. The molecule has 1 amide bonds. The monoisotopic (exact) mass is 252 g/mol. The van der Waals surface area contributed by atoms with Gasteiger partial charge in [-0.1, -0.05) is 19.1 Å². The first-order valence-corrected chi connectivity index (χ1v) is 5.47. The lowest BCUT2D eigenvalue weighted by Gasteiger charge is -2.11. The largest absolute Gasteiger partial charge is 0.479 e. The number of amides is 1. The van der Waals surface area contributed by atoms with Crippen LogP contribution in [0.1, 0.15) is 24.8 Å². The maximum absolute atomic E-state index is 11.4. The van der Waals surface area contributed by atoms with Crippen LogP contribution in [0.3, 0.4) is 0 Å². The number of carbonyl (C=O) groups is 2. The third kappa shape index (κ3) is 4.84. The van der Waals surface area contributed by atoms with Crippen LogP contribution in [0.4, 0.5) is 5.69 Å². The zero-order valence-electron chi connectivity index (χ0n) is 10.1. The van der Waals surface area contributed by atoms with Gasteiger partial charge < -0.3 is 10.8 Å². The van der Waals surface area contributed by atoms with Crippen molar-refractivity contribution in [1.82, 2.24) is 5.48 Å². The summed E-state index contributed by atoms with van der Waals surface area (Å²) in [5.74, 6) is -1.50. The molecule has 98 valence electrons. The van der Waals surface area contributed by atoms with E-state index in [9.17, 15) is 9.59 Å². The average molecular weight is 252 g/mol. The van der Waals surface area contributed by atoms with Crippen molar-refractivity contribution < 1.29 is 19.5 Å². The van der Waals surface area contributed by atoms with E-state index in [4.69, 9.17) is 10.8 Å². The Bertz CT molecular complexity index is 417. The average Bonchev–Trinajstić information content (AvgIpc) is 2.29. The van der Waals surface area contributed by atoms with Crippen LogP contribution in [0.25, 0.3) is 0 Å². The fraction of sp³-hybridized carbons (Fsp3) is 0.333. The van der Waals surface area contributed by atoms with Gasteiger partial charge in [-0.05, 0) is 23.6 Å². The van der Waals surface area contributed by atoms with E-state index in [0.29, 0.717) is 5.69 Å². The molecule has 1 aromatic carbocycles. The lowest BCUT2D eigenvalue weighted by molar-refractivity contribution is -0.149. The van der Waals surface area contributed by atoms with Crippen molar-refractivity contribution in [3.63, 3.8) is 0 Å². The Kier molecular flexibility index (Phi) is 5.13. The van der Waals surface area contributed by atoms with Crippen LogP contribution in [0.5, 0.6) is 0 Å². The maximum atomic E-state index is 11.4. The van der Waals surface area contributed by atoms with E-state index >= 15 is 0 Å². The molecule has 6 nitrogen and oxygen atoms in total. The summed E-state index contributed by atoms with van der Waals surface area (Å²) in [4.78, 5) is 26.1. The summed E-state index contributed by atoms with van der Waals surface area (Å²) in [5.41, 5.74) is 9.30. The third-order valence-electron chi connectivity index (χ3n) is 2.38. The quantitative estimate of drug-likeness (QED) is 0.515. The molecule has 0 aliphatic rings. The molecule has 0 spiro atoms. The zero-order chi connectivity index (χ0) is 13.5. The van der Waals surface area contributed by atoms with Crippen LogP contribution in [-0.4, -0.2) is 23.6 Å². The highest BCUT2D eigenvalue weighted by atomic mass is 16.7. The van der Waals surface area contributed by atoms with Gasteiger partial charge in [0.2, 0.25) is 5.91 Å². The Morgan fingerprint density at radius 3 is 2.56 bits per heavy atom. The van der Waals surface area contributed by atoms with E-state index in [0.717, 1.165) is 5.56 Å². The lowest BCUT2D eigenvalue weighted by atomic mass is 9.97. The molecular weight excluding hydrogens is 236 g/mol. The lowest BCUT2D eigenvalue weighted by Crippen LogP contribution is -2.27. The van der Waals surface area contributed by atoms with Gasteiger partial charge >= 0.3 is 5.97 Å². The van der Waals surface area contributed by atoms with Crippen molar-refractivity contribution in [3.8, 4) is 0 Å². The fourth-order valence-electron chi connectivity index (χ4n) is 1.44. The molecule has 0 heterocycles. The molecule has 1 rings (SSSR count). The predicted molar refractivity (Wildman–Crippen MR) is 65.6 cm³/mol. The third-order valence-corrected chi connectivity index (χ3v) is 2.38. The molecule has 0 fully saturated rings. The normalized spacial score (nSPS) is 11.8. The summed E-state index contributed by atoms with van der Waals surface area (Å²) < 4.78 is 0. The highest BCUT2D eigenvalue weighted by Crippen LogP contribution is 2.19. The number of carboxylic acid groups (broad SMARTS) is 1. The number of rotatable bonds is 6. The SMILES string of the molecule is CC(CC(=O)NOCC(=O)O)c1ccc(N)cc1. The number of benzene rings is 1. The number of aliphatic carboxylic acids is 1. The summed E-state index contributed by atoms with van der Waals surface area (Å²) in [7, 11) is 0. The number of nitrogen functional groups attached to an aromatic ring is 1. The Morgan fingerprint density at radius 2 is 2.00 bits per heavy atom. The fourth-order valence-corrected chi connectivity index (χ4v) is 1.44. The zero-order valence-corrected chi connectivity index (χ0v) is 10.1. The van der Waals surface area contributed by atoms with Gasteiger partial charge in [0, 0.05) is 12.1 Å². The number of carbonyl (C=O) groups excluding carboxylic acids is 1. The Balaban J connectivity index is 2.39. The van der Waals surface area contributed by atoms with Gasteiger partial charge in [0.1, 0.15) is 0 Å². The molecule has 1 aromatic rings. The van der Waals surface area contributed by atoms with E-state index in [1.54, 1.807) is 12.1 Å². The van der Waals surface area contributed by atoms with Crippen LogP contribution < -0.4 is 11.2 Å². The van der Waals surface area contributed by atoms with E-state index in [-0.39, 0.29) is 18.2 Å². The van der Waals surface area contributed by atoms with Crippen LogP contribution >= 0.6 is 0 Å². The number of hydrogen-bond acceptors (Lipinski definition) is 4. The first-order chi connectivity index (χ1) is 8.49. The molecule has 0 aliphatic carbocycles. The van der Waals surface area contributed by atoms with E-state index in [1.165, 1.54) is 0 Å². The molecule has 6 heteroatoms. The molecule has 1 unspecified atom stereocenters. The van der Waals surface area contributed by atoms with Crippen molar-refractivity contribution in [2.45, 2.75) is 19.3 Å². The summed E-state index contributed by atoms with van der Waals surface area (Å²) >= 11 is 0. The van der Waals surface area contributed by atoms with Crippen LogP contribution in [-0.2, 0) is 14.4 Å². The Hall–Kier alpha value is -2.08. The minimum atomic E-state index is -1.14. The first-order valence-electron chi connectivity index (χ1n) is 5.47. The van der Waals surface area contributed by atoms with Gasteiger partial charge in [-0.15, -0.1) is 0 Å². The van der Waals surface area contributed by atoms with Crippen molar-refractivity contribution >= 4 is 17.6 Å². The number of carboxylic acids is 1. The smallest absolute Gasteiger partial charge is 0.332 e. The van der Waals surface area contributed by atoms with Crippen molar-refractivity contribution in [2.24, 2.45) is 0 Å². The van der Waals surface area contributed by atoms with Gasteiger partial charge in [-0.3, -0.25) is 9.63 Å². The predicted octanol–water partition coefficient (Wildman–Crippen LogP) is 0.895. The molecule has 18 heavy (non-hydrogen) atoms. The molecule has 0 saturated heterocycles. The summed E-state index contributed by atoms with van der Waals surface area (Å²) in [6.45, 7) is 1.34. The second-order valence-corrected chi connectivity index (χ2v) is 3.98. The Labute approximate surface area is 105 Å². The van der Waals surface area contributed by atoms with Gasteiger partial charge in [0.15, 0.2) is 6.61 Å². The number of hydrogen-bond donors (Lipinski definition) is 3. The number of hydroxylamine groups is 1. The second-order valence-electron chi connectivity index (χ2n) is 3.98. The molecule has 0 aromatic heterocycles. The summed E-state index contributed by atoms with van der Waals surface area (Å²) in [6.07, 6.45) is 0.212. The topological polar surface area (TPSA) is 102 Å². The number of nitrogens with one attached hydrogen (secondary N) is 1. The minimum absolute atomic E-state index is 0.000900. The molecule has 1 atom stereocenters. The highest BCUT2D eigenvalue weighted by Gasteiger charge is 2.11. The number of nitrogens with two attached hydrogens (primary N) is 1. The van der Waals surface area contributed by atoms with E-state index in [2.05, 4.69) is 10.3 Å². The molecular formula is C12H16N2O4. The van der Waals surface area contributed by atoms with Gasteiger partial charge in [0.05, 0.1) is 0 Å². The van der Waals surface area contributed by atoms with Crippen LogP contribution in [0.15, 0.2) is 24.3 Å². The standard InChI is InChI=1S/C12H16N2O4/c1-8(9-2-4-10(13)5-3-9)6-11(15)14-18-7-12(16)17/h2-5,8H,6-7,13H2,1H3,(H,14,15)(H,16,17). The van der Waals surface area contributed by atoms with E-state index < -0.39 is 12.6 Å². The van der Waals surface area contributed by atoms with Crippen molar-refractivity contribution in [2.75, 3.05) is 12.3 Å². The van der Waals surface area contributed by atoms with Crippen molar-refractivity contribution in [1.29, 1.82) is 0 Å². The van der Waals surface area contributed by atoms with Crippen LogP contribution in [0.2, 0.25) is 0 Å². The van der Waals surface area contributed by atoms with Gasteiger partial charge in [-0.2, -0.15) is 0 Å². The highest BCUT2D eigenvalue weighted by molar-refractivity contribution is 5.76. The Morgan fingerprint density at radius 1 is 1.39 bits per heavy atom. The summed E-state index contributed by atoms with van der Waals surface area (Å²) in [5, 5.41) is 8.32. The minimum Gasteiger partial charge on any atom is -0.479 e. The van der Waals surface area contributed by atoms with Crippen LogP contribution in [0, 0.1) is 0 Å². The molecule has 0 saturated carbocycles.